The molecule has 1 unspecified atom stereocenters. The largest absolute Gasteiger partial charge is 0.465 e. The van der Waals surface area contributed by atoms with Gasteiger partial charge in [-0.15, -0.1) is 0 Å². The van der Waals surface area contributed by atoms with Gasteiger partial charge in [-0.25, -0.2) is 9.69 Å². The third-order valence-corrected chi connectivity index (χ3v) is 4.91. The van der Waals surface area contributed by atoms with Gasteiger partial charge in [0.25, 0.3) is 5.91 Å². The van der Waals surface area contributed by atoms with E-state index in [1.165, 1.54) is 36.3 Å². The Morgan fingerprint density at radius 3 is 2.53 bits per heavy atom. The number of hydrogen-bond donors (Lipinski definition) is 0. The van der Waals surface area contributed by atoms with Gasteiger partial charge in [-0.2, -0.15) is 0 Å². The van der Waals surface area contributed by atoms with Crippen LogP contribution < -0.4 is 4.90 Å². The minimum absolute atomic E-state index is 0.0900. The topological polar surface area (TPSA) is 96.9 Å². The normalized spacial score (nSPS) is 15.9. The van der Waals surface area contributed by atoms with E-state index >= 15 is 0 Å². The van der Waals surface area contributed by atoms with Crippen LogP contribution in [-0.4, -0.2) is 46.7 Å². The smallest absolute Gasteiger partial charge is 0.337 e. The number of methoxy groups -OCH3 is 1. The number of ether oxygens (including phenoxy) is 1. The van der Waals surface area contributed by atoms with E-state index < -0.39 is 23.8 Å². The van der Waals surface area contributed by atoms with E-state index in [-0.39, 0.29) is 25.3 Å². The van der Waals surface area contributed by atoms with E-state index in [9.17, 15) is 19.2 Å². The van der Waals surface area contributed by atoms with Crippen LogP contribution in [0.15, 0.2) is 48.8 Å². The average molecular weight is 409 g/mol. The van der Waals surface area contributed by atoms with Gasteiger partial charge in [0.05, 0.1) is 24.8 Å². The number of benzene rings is 1. The second-order valence-electron chi connectivity index (χ2n) is 6.96. The summed E-state index contributed by atoms with van der Waals surface area (Å²) in [6.07, 6.45) is 4.09. The molecule has 0 N–H and O–H groups in total. The lowest BCUT2D eigenvalue weighted by Gasteiger charge is -2.27. The summed E-state index contributed by atoms with van der Waals surface area (Å²) in [4.78, 5) is 56.8. The molecule has 3 rings (SSSR count). The maximum Gasteiger partial charge on any atom is 0.337 e. The molecule has 1 aliphatic heterocycles. The number of imide groups is 1. The molecule has 1 aromatic heterocycles. The SMILES string of the molecule is CCCC(=O)N(Cc1cccnc1)C1CC(=O)N(c2ccc(C(=O)OC)cc2)C1=O. The maximum absolute atomic E-state index is 13.1. The van der Waals surface area contributed by atoms with Crippen LogP contribution >= 0.6 is 0 Å². The maximum atomic E-state index is 13.1. The van der Waals surface area contributed by atoms with E-state index in [1.807, 2.05) is 13.0 Å². The Kier molecular flexibility index (Phi) is 6.56. The molecular weight excluding hydrogens is 386 g/mol. The average Bonchev–Trinajstić information content (AvgIpc) is 3.06. The molecule has 8 nitrogen and oxygen atoms in total. The minimum atomic E-state index is -0.878. The molecule has 1 saturated heterocycles. The Balaban J connectivity index is 1.86. The molecule has 2 heterocycles. The number of aromatic nitrogens is 1. The highest BCUT2D eigenvalue weighted by molar-refractivity contribution is 6.23. The molecule has 3 amide bonds. The standard InChI is InChI=1S/C22H23N3O5/c1-3-5-19(26)24(14-15-6-4-11-23-13-15)18-12-20(27)25(21(18)28)17-9-7-16(8-10-17)22(29)30-2/h4,6-11,13,18H,3,5,12,14H2,1-2H3. The number of pyridine rings is 1. The zero-order chi connectivity index (χ0) is 21.7. The molecule has 1 atom stereocenters. The number of esters is 1. The first-order valence-electron chi connectivity index (χ1n) is 9.69. The molecule has 1 aliphatic rings. The van der Waals surface area contributed by atoms with Gasteiger partial charge in [-0.05, 0) is 42.3 Å². The highest BCUT2D eigenvalue weighted by atomic mass is 16.5. The van der Waals surface area contributed by atoms with Crippen LogP contribution in [0.25, 0.3) is 0 Å². The van der Waals surface area contributed by atoms with Crippen molar-refractivity contribution >= 4 is 29.4 Å². The van der Waals surface area contributed by atoms with Crippen LogP contribution in [0.4, 0.5) is 5.69 Å². The van der Waals surface area contributed by atoms with E-state index in [4.69, 9.17) is 0 Å². The van der Waals surface area contributed by atoms with Crippen LogP contribution in [0.1, 0.15) is 42.1 Å². The Morgan fingerprint density at radius 1 is 1.20 bits per heavy atom. The summed E-state index contributed by atoms with van der Waals surface area (Å²) in [5.41, 5.74) is 1.45. The van der Waals surface area contributed by atoms with Gasteiger partial charge in [-0.3, -0.25) is 19.4 Å². The first-order chi connectivity index (χ1) is 14.5. The molecule has 0 spiro atoms. The lowest BCUT2D eigenvalue weighted by atomic mass is 10.1. The molecule has 2 aromatic rings. The lowest BCUT2D eigenvalue weighted by Crippen LogP contribution is -2.45. The van der Waals surface area contributed by atoms with Crippen molar-refractivity contribution in [1.29, 1.82) is 0 Å². The summed E-state index contributed by atoms with van der Waals surface area (Å²) in [5, 5.41) is 0. The van der Waals surface area contributed by atoms with Gasteiger partial charge in [0.1, 0.15) is 6.04 Å². The molecule has 1 aromatic carbocycles. The van der Waals surface area contributed by atoms with Crippen molar-refractivity contribution < 1.29 is 23.9 Å². The zero-order valence-electron chi connectivity index (χ0n) is 16.9. The number of carbonyl (C=O) groups excluding carboxylic acids is 4. The predicted molar refractivity (Wildman–Crippen MR) is 108 cm³/mol. The fourth-order valence-corrected chi connectivity index (χ4v) is 3.41. The van der Waals surface area contributed by atoms with Crippen molar-refractivity contribution in [2.75, 3.05) is 12.0 Å². The molecule has 8 heteroatoms. The Hall–Kier alpha value is -3.55. The predicted octanol–water partition coefficient (Wildman–Crippen LogP) is 2.33. The Labute approximate surface area is 174 Å². The van der Waals surface area contributed by atoms with Gasteiger partial charge < -0.3 is 9.64 Å². The number of nitrogens with zero attached hydrogens (tertiary/aromatic N) is 3. The molecule has 1 fully saturated rings. The summed E-state index contributed by atoms with van der Waals surface area (Å²) in [6, 6.07) is 8.72. The summed E-state index contributed by atoms with van der Waals surface area (Å²) in [6.45, 7) is 2.09. The van der Waals surface area contributed by atoms with Crippen molar-refractivity contribution in [3.05, 3.63) is 59.9 Å². The molecule has 0 bridgehead atoms. The van der Waals surface area contributed by atoms with Gasteiger partial charge in [0.15, 0.2) is 0 Å². The minimum Gasteiger partial charge on any atom is -0.465 e. The van der Waals surface area contributed by atoms with Crippen LogP contribution in [0.2, 0.25) is 0 Å². The summed E-state index contributed by atoms with van der Waals surface area (Å²) in [5.74, 6) is -1.54. The third kappa shape index (κ3) is 4.37. The van der Waals surface area contributed by atoms with Gasteiger partial charge in [0, 0.05) is 25.4 Å². The van der Waals surface area contributed by atoms with Crippen molar-refractivity contribution in [3.8, 4) is 0 Å². The van der Waals surface area contributed by atoms with E-state index in [0.29, 0.717) is 17.7 Å². The molecular formula is C22H23N3O5. The number of carbonyl (C=O) groups is 4. The fourth-order valence-electron chi connectivity index (χ4n) is 3.41. The Bertz CT molecular complexity index is 943. The lowest BCUT2D eigenvalue weighted by molar-refractivity contribution is -0.139. The zero-order valence-corrected chi connectivity index (χ0v) is 16.9. The second-order valence-corrected chi connectivity index (χ2v) is 6.96. The van der Waals surface area contributed by atoms with Gasteiger partial charge >= 0.3 is 5.97 Å². The second kappa shape index (κ2) is 9.30. The van der Waals surface area contributed by atoms with Crippen LogP contribution in [0, 0.1) is 0 Å². The van der Waals surface area contributed by atoms with E-state index in [1.54, 1.807) is 18.5 Å². The Morgan fingerprint density at radius 2 is 1.93 bits per heavy atom. The number of rotatable bonds is 7. The van der Waals surface area contributed by atoms with Gasteiger partial charge in [0.2, 0.25) is 11.8 Å². The fraction of sp³-hybridized carbons (Fsp3) is 0.318. The van der Waals surface area contributed by atoms with Gasteiger partial charge in [-0.1, -0.05) is 13.0 Å². The first kappa shape index (κ1) is 21.2. The molecule has 156 valence electrons. The number of amides is 3. The van der Waals surface area contributed by atoms with E-state index in [2.05, 4.69) is 9.72 Å². The quantitative estimate of drug-likeness (QED) is 0.514. The van der Waals surface area contributed by atoms with Crippen molar-refractivity contribution in [2.24, 2.45) is 0 Å². The first-order valence-corrected chi connectivity index (χ1v) is 9.69. The van der Waals surface area contributed by atoms with Crippen molar-refractivity contribution in [3.63, 3.8) is 0 Å². The highest BCUT2D eigenvalue weighted by Crippen LogP contribution is 2.27. The van der Waals surface area contributed by atoms with E-state index in [0.717, 1.165) is 10.5 Å². The number of anilines is 1. The van der Waals surface area contributed by atoms with Crippen molar-refractivity contribution in [2.45, 2.75) is 38.8 Å². The van der Waals surface area contributed by atoms with Crippen LogP contribution in [0.5, 0.6) is 0 Å². The molecule has 0 aliphatic carbocycles. The van der Waals surface area contributed by atoms with Crippen molar-refractivity contribution in [1.82, 2.24) is 9.88 Å². The monoisotopic (exact) mass is 409 g/mol. The third-order valence-electron chi connectivity index (χ3n) is 4.91. The summed E-state index contributed by atoms with van der Waals surface area (Å²) < 4.78 is 4.66. The van der Waals surface area contributed by atoms with Crippen LogP contribution in [0.3, 0.4) is 0 Å². The summed E-state index contributed by atoms with van der Waals surface area (Å²) >= 11 is 0. The number of hydrogen-bond acceptors (Lipinski definition) is 6. The molecule has 0 radical (unpaired) electrons. The van der Waals surface area contributed by atoms with Crippen LogP contribution in [-0.2, 0) is 25.7 Å². The summed E-state index contributed by atoms with van der Waals surface area (Å²) in [7, 11) is 1.28. The molecule has 30 heavy (non-hydrogen) atoms. The highest BCUT2D eigenvalue weighted by Gasteiger charge is 2.44. The molecule has 0 saturated carbocycles.